The molecule has 4 rings (SSSR count). The first-order chi connectivity index (χ1) is 17.5. The number of aryl methyl sites for hydroxylation is 1. The number of hydrogen-bond donors (Lipinski definition) is 1. The number of nitrogens with one attached hydrogen (secondary N) is 1. The quantitative estimate of drug-likeness (QED) is 0.577. The van der Waals surface area contributed by atoms with Crippen molar-refractivity contribution in [2.24, 2.45) is 0 Å². The van der Waals surface area contributed by atoms with Gasteiger partial charge in [0, 0.05) is 12.6 Å². The Labute approximate surface area is 218 Å². The summed E-state index contributed by atoms with van der Waals surface area (Å²) in [6, 6.07) is 15.0. The van der Waals surface area contributed by atoms with Crippen molar-refractivity contribution in [2.45, 2.75) is 71.1 Å². The largest absolute Gasteiger partial charge is 0.487 e. The third-order valence-corrected chi connectivity index (χ3v) is 7.76. The Morgan fingerprint density at radius 1 is 1.08 bits per heavy atom. The van der Waals surface area contributed by atoms with Gasteiger partial charge in [0.15, 0.2) is 0 Å². The molecule has 1 N–H and O–H groups in total. The molecule has 2 amide bonds. The Balaban J connectivity index is 1.53. The minimum atomic E-state index is -3.97. The van der Waals surface area contributed by atoms with Crippen LogP contribution in [0.1, 0.15) is 57.6 Å². The monoisotopic (exact) mass is 529 g/mol. The number of likely N-dealkylation sites (tertiary alicyclic amines) is 1. The maximum atomic E-state index is 12.8. The zero-order valence-electron chi connectivity index (χ0n) is 21.6. The van der Waals surface area contributed by atoms with Gasteiger partial charge in [-0.3, -0.25) is 4.79 Å². The summed E-state index contributed by atoms with van der Waals surface area (Å²) in [5, 5.41) is 0. The van der Waals surface area contributed by atoms with Crippen LogP contribution in [0.15, 0.2) is 48.5 Å². The van der Waals surface area contributed by atoms with E-state index in [9.17, 15) is 18.0 Å². The van der Waals surface area contributed by atoms with E-state index in [2.05, 4.69) is 0 Å². The molecule has 2 aromatic carbocycles. The molecule has 0 aromatic heterocycles. The molecular weight excluding hydrogens is 494 g/mol. The number of anilines is 1. The molecule has 2 aromatic rings. The molecule has 9 nitrogen and oxygen atoms in total. The van der Waals surface area contributed by atoms with Crippen molar-refractivity contribution in [1.29, 1.82) is 0 Å². The summed E-state index contributed by atoms with van der Waals surface area (Å²) in [7, 11) is -3.97. The predicted molar refractivity (Wildman–Crippen MR) is 141 cm³/mol. The molecule has 1 atom stereocenters. The highest BCUT2D eigenvalue weighted by molar-refractivity contribution is 7.92. The SMILES string of the molecule is CC(C)(C)OC(=O)N1CCCCC1CCc1ccc(N2CC(=O)NS2(=O)=O)c(OCc2ccccc2)c1. The average molecular weight is 530 g/mol. The molecule has 0 bridgehead atoms. The molecule has 0 saturated carbocycles. The smallest absolute Gasteiger partial charge is 0.410 e. The maximum Gasteiger partial charge on any atom is 0.410 e. The highest BCUT2D eigenvalue weighted by atomic mass is 32.2. The summed E-state index contributed by atoms with van der Waals surface area (Å²) in [5.41, 5.74) is 1.66. The Kier molecular flexibility index (Phi) is 7.96. The summed E-state index contributed by atoms with van der Waals surface area (Å²) in [6.07, 6.45) is 4.07. The van der Waals surface area contributed by atoms with E-state index < -0.39 is 21.7 Å². The molecule has 2 saturated heterocycles. The molecule has 2 aliphatic rings. The summed E-state index contributed by atoms with van der Waals surface area (Å²) >= 11 is 0. The van der Waals surface area contributed by atoms with Crippen LogP contribution in [-0.2, 0) is 32.8 Å². The fourth-order valence-corrected chi connectivity index (χ4v) is 5.79. The molecule has 2 heterocycles. The standard InChI is InChI=1S/C27H35N3O6S/c1-27(2,3)36-26(32)29-16-8-7-11-22(29)14-12-20-13-15-23(30-18-25(31)28-37(30,33)34)24(17-20)35-19-21-9-5-4-6-10-21/h4-6,9-10,13,15,17,22H,7-8,11-12,14,16,18-19H2,1-3H3,(H,28,31). The number of carbonyl (C=O) groups is 2. The number of rotatable bonds is 7. The van der Waals surface area contributed by atoms with E-state index in [1.807, 2.05) is 72.9 Å². The second kappa shape index (κ2) is 11.0. The van der Waals surface area contributed by atoms with Crippen molar-refractivity contribution in [3.05, 3.63) is 59.7 Å². The van der Waals surface area contributed by atoms with E-state index in [1.54, 1.807) is 6.07 Å². The lowest BCUT2D eigenvalue weighted by Gasteiger charge is -2.37. The van der Waals surface area contributed by atoms with Crippen LogP contribution in [-0.4, -0.2) is 50.1 Å². The zero-order valence-corrected chi connectivity index (χ0v) is 22.4. The highest BCUT2D eigenvalue weighted by Gasteiger charge is 2.36. The van der Waals surface area contributed by atoms with Gasteiger partial charge in [0.1, 0.15) is 24.5 Å². The number of nitrogens with zero attached hydrogens (tertiary/aromatic N) is 2. The van der Waals surface area contributed by atoms with Crippen molar-refractivity contribution in [2.75, 3.05) is 17.4 Å². The number of ether oxygens (including phenoxy) is 2. The third kappa shape index (κ3) is 6.94. The molecule has 10 heteroatoms. The Morgan fingerprint density at radius 3 is 2.51 bits per heavy atom. The average Bonchev–Trinajstić information content (AvgIpc) is 3.12. The van der Waals surface area contributed by atoms with E-state index in [4.69, 9.17) is 9.47 Å². The fourth-order valence-electron chi connectivity index (χ4n) is 4.63. The topological polar surface area (TPSA) is 105 Å². The minimum Gasteiger partial charge on any atom is -0.487 e. The molecule has 2 aliphatic heterocycles. The Hall–Kier alpha value is -3.27. The van der Waals surface area contributed by atoms with Gasteiger partial charge in [-0.25, -0.2) is 13.8 Å². The summed E-state index contributed by atoms with van der Waals surface area (Å²) in [5.74, 6) is -0.202. The van der Waals surface area contributed by atoms with Gasteiger partial charge in [0.05, 0.1) is 5.69 Å². The van der Waals surface area contributed by atoms with Crippen LogP contribution in [0.2, 0.25) is 0 Å². The molecule has 200 valence electrons. The lowest BCUT2D eigenvalue weighted by Crippen LogP contribution is -2.46. The number of amides is 2. The molecule has 37 heavy (non-hydrogen) atoms. The first-order valence-corrected chi connectivity index (χ1v) is 14.1. The second-order valence-corrected chi connectivity index (χ2v) is 12.1. The number of piperidine rings is 1. The van der Waals surface area contributed by atoms with Gasteiger partial charge >= 0.3 is 16.3 Å². The van der Waals surface area contributed by atoms with Gasteiger partial charge in [0.25, 0.3) is 5.91 Å². The summed E-state index contributed by atoms with van der Waals surface area (Å²) in [6.45, 7) is 6.24. The highest BCUT2D eigenvalue weighted by Crippen LogP contribution is 2.34. The summed E-state index contributed by atoms with van der Waals surface area (Å²) in [4.78, 5) is 26.4. The van der Waals surface area contributed by atoms with Crippen LogP contribution in [0, 0.1) is 0 Å². The van der Waals surface area contributed by atoms with Gasteiger partial charge in [-0.05, 0) is 76.1 Å². The third-order valence-electron chi connectivity index (χ3n) is 6.37. The van der Waals surface area contributed by atoms with E-state index in [0.29, 0.717) is 24.4 Å². The van der Waals surface area contributed by atoms with Gasteiger partial charge in [0.2, 0.25) is 0 Å². The van der Waals surface area contributed by atoms with Crippen LogP contribution in [0.3, 0.4) is 0 Å². The van der Waals surface area contributed by atoms with E-state index in [1.165, 1.54) is 0 Å². The predicted octanol–water partition coefficient (Wildman–Crippen LogP) is 4.17. The Morgan fingerprint density at radius 2 is 1.84 bits per heavy atom. The number of hydrogen-bond acceptors (Lipinski definition) is 6. The molecular formula is C27H35N3O6S. The maximum absolute atomic E-state index is 12.8. The lowest BCUT2D eigenvalue weighted by molar-refractivity contribution is -0.117. The van der Waals surface area contributed by atoms with Crippen LogP contribution < -0.4 is 13.8 Å². The second-order valence-electron chi connectivity index (χ2n) is 10.5. The van der Waals surface area contributed by atoms with Crippen LogP contribution in [0.4, 0.5) is 10.5 Å². The molecule has 2 fully saturated rings. The molecule has 0 spiro atoms. The van der Waals surface area contributed by atoms with Gasteiger partial charge in [-0.15, -0.1) is 0 Å². The Bertz CT molecular complexity index is 1230. The fraction of sp³-hybridized carbons (Fsp3) is 0.481. The number of carbonyl (C=O) groups excluding carboxylic acids is 2. The normalized spacial score (nSPS) is 19.4. The van der Waals surface area contributed by atoms with E-state index >= 15 is 0 Å². The van der Waals surface area contributed by atoms with E-state index in [0.717, 1.165) is 41.1 Å². The number of benzene rings is 2. The molecule has 0 aliphatic carbocycles. The van der Waals surface area contributed by atoms with Crippen molar-refractivity contribution in [1.82, 2.24) is 9.62 Å². The molecule has 1 unspecified atom stereocenters. The first-order valence-electron chi connectivity index (χ1n) is 12.6. The van der Waals surface area contributed by atoms with Crippen LogP contribution >= 0.6 is 0 Å². The summed E-state index contributed by atoms with van der Waals surface area (Å²) < 4.78 is 39.8. The van der Waals surface area contributed by atoms with Gasteiger partial charge in [-0.1, -0.05) is 36.4 Å². The van der Waals surface area contributed by atoms with Gasteiger partial charge < -0.3 is 14.4 Å². The van der Waals surface area contributed by atoms with Crippen molar-refractivity contribution in [3.8, 4) is 5.75 Å². The first kappa shape index (κ1) is 26.8. The minimum absolute atomic E-state index is 0.0674. The van der Waals surface area contributed by atoms with Gasteiger partial charge in [-0.2, -0.15) is 8.42 Å². The van der Waals surface area contributed by atoms with Crippen molar-refractivity contribution >= 4 is 27.9 Å². The van der Waals surface area contributed by atoms with Crippen molar-refractivity contribution in [3.63, 3.8) is 0 Å². The van der Waals surface area contributed by atoms with Crippen molar-refractivity contribution < 1.29 is 27.5 Å². The zero-order chi connectivity index (χ0) is 26.6. The lowest BCUT2D eigenvalue weighted by atomic mass is 9.96. The van der Waals surface area contributed by atoms with E-state index in [-0.39, 0.29) is 25.3 Å². The molecule has 0 radical (unpaired) electrons. The van der Waals surface area contributed by atoms with Crippen LogP contribution in [0.5, 0.6) is 5.75 Å². The van der Waals surface area contributed by atoms with Crippen LogP contribution in [0.25, 0.3) is 0 Å².